The number of nitrogens with one attached hydrogen (secondary N) is 2. The number of methoxy groups -OCH3 is 2. The fourth-order valence-electron chi connectivity index (χ4n) is 10.8. The number of Topliss-reactive ketones (excluding diaryl/α,β-unsaturated/α-hetero) is 2. The first-order valence-electron chi connectivity index (χ1n) is 25.7. The lowest BCUT2D eigenvalue weighted by Crippen LogP contribution is -2.37. The third-order valence-electron chi connectivity index (χ3n) is 14.8. The number of para-hydroxylation sites is 2. The standard InChI is InChI=1S/C59H58N6O11/c1-34-20-45-47(60-29-42-24-39-8-4-6-10-49(39)64(42)57(45)70)27-52(34)75-32-35-21-36(33-76-54-28-48-46(26-53(54)73-2)58(71)65-43(30-61-48)25-40-9-5-7-11-50(40)65)23-41(22-35)63-56(69)18-16-44(66)31-62-55(68)19-17-51(67)37-12-14-38(15-13-37)59(72)74-3/h4-11,20-23,26-30,37-38,42-43H,12-19,24-25,31-33H2,1-3H3,(H,62,68)(H,63,69)/t37?,38?,42-,43-/m0/s1. The van der Waals surface area contributed by atoms with Gasteiger partial charge in [-0.2, -0.15) is 0 Å². The minimum atomic E-state index is -0.442. The number of benzene rings is 5. The van der Waals surface area contributed by atoms with Gasteiger partial charge < -0.3 is 29.6 Å². The largest absolute Gasteiger partial charge is 0.493 e. The second-order valence-electron chi connectivity index (χ2n) is 19.9. The molecule has 0 unspecified atom stereocenters. The number of aliphatic imine (C=N–C) groups is 2. The predicted molar refractivity (Wildman–Crippen MR) is 285 cm³/mol. The summed E-state index contributed by atoms with van der Waals surface area (Å²) in [7, 11) is 2.85. The van der Waals surface area contributed by atoms with Crippen molar-refractivity contribution in [2.24, 2.45) is 21.8 Å². The van der Waals surface area contributed by atoms with E-state index in [1.807, 2.05) is 67.7 Å². The molecule has 1 aliphatic carbocycles. The fraction of sp³-hybridized carbons (Fsp3) is 0.339. The third kappa shape index (κ3) is 10.9. The number of ether oxygens (including phenoxy) is 4. The highest BCUT2D eigenvalue weighted by molar-refractivity contribution is 6.16. The van der Waals surface area contributed by atoms with Crippen LogP contribution in [0, 0.1) is 18.8 Å². The molecule has 5 aromatic rings. The first-order valence-corrected chi connectivity index (χ1v) is 25.7. The molecule has 0 radical (unpaired) electrons. The van der Waals surface area contributed by atoms with Gasteiger partial charge in [0, 0.05) is 86.1 Å². The number of fused-ring (bicyclic) bond motifs is 8. The van der Waals surface area contributed by atoms with Crippen molar-refractivity contribution in [3.63, 3.8) is 0 Å². The van der Waals surface area contributed by atoms with Crippen LogP contribution in [0.2, 0.25) is 0 Å². The molecule has 1 fully saturated rings. The Bertz CT molecular complexity index is 3230. The molecule has 0 bridgehead atoms. The first-order chi connectivity index (χ1) is 36.8. The van der Waals surface area contributed by atoms with Crippen molar-refractivity contribution in [2.75, 3.05) is 35.9 Å². The van der Waals surface area contributed by atoms with Gasteiger partial charge in [0.15, 0.2) is 17.3 Å². The van der Waals surface area contributed by atoms with E-state index >= 15 is 0 Å². The Morgan fingerprint density at radius 2 is 1.17 bits per heavy atom. The maximum atomic E-state index is 14.1. The number of esters is 1. The lowest BCUT2D eigenvalue weighted by molar-refractivity contribution is -0.147. The molecule has 5 aromatic carbocycles. The van der Waals surface area contributed by atoms with Gasteiger partial charge in [0.05, 0.1) is 61.3 Å². The Labute approximate surface area is 439 Å². The van der Waals surface area contributed by atoms with Gasteiger partial charge in [0.1, 0.15) is 24.7 Å². The molecule has 390 valence electrons. The van der Waals surface area contributed by atoms with Gasteiger partial charge in [-0.25, -0.2) is 0 Å². The number of hydrogen-bond acceptors (Lipinski definition) is 13. The fourth-order valence-corrected chi connectivity index (χ4v) is 10.8. The topological polar surface area (TPSA) is 212 Å². The van der Waals surface area contributed by atoms with Crippen molar-refractivity contribution >= 4 is 82.0 Å². The summed E-state index contributed by atoms with van der Waals surface area (Å²) in [4.78, 5) is 105. The highest BCUT2D eigenvalue weighted by Crippen LogP contribution is 2.42. The minimum absolute atomic E-state index is 0.00142. The van der Waals surface area contributed by atoms with Crippen molar-refractivity contribution in [3.05, 3.63) is 130 Å². The number of amides is 4. The van der Waals surface area contributed by atoms with Gasteiger partial charge in [-0.1, -0.05) is 36.4 Å². The number of hydrogen-bond donors (Lipinski definition) is 2. The summed E-state index contributed by atoms with van der Waals surface area (Å²) in [5, 5.41) is 5.48. The van der Waals surface area contributed by atoms with E-state index < -0.39 is 11.8 Å². The lowest BCUT2D eigenvalue weighted by atomic mass is 9.79. The highest BCUT2D eigenvalue weighted by Gasteiger charge is 2.38. The Kier molecular flexibility index (Phi) is 14.9. The van der Waals surface area contributed by atoms with Gasteiger partial charge in [-0.15, -0.1) is 0 Å². The normalized spacial score (nSPS) is 18.7. The molecule has 1 saturated carbocycles. The first kappa shape index (κ1) is 51.0. The number of carbonyl (C=O) groups excluding carboxylic acids is 7. The van der Waals surface area contributed by atoms with E-state index in [0.717, 1.165) is 28.1 Å². The Hall–Kier alpha value is -8.47. The minimum Gasteiger partial charge on any atom is -0.493 e. The van der Waals surface area contributed by atoms with Crippen molar-refractivity contribution < 1.29 is 52.5 Å². The molecule has 5 aliphatic rings. The van der Waals surface area contributed by atoms with Crippen molar-refractivity contribution in [1.82, 2.24) is 5.32 Å². The van der Waals surface area contributed by atoms with Crippen LogP contribution in [-0.2, 0) is 54.8 Å². The maximum Gasteiger partial charge on any atom is 0.308 e. The molecule has 2 atom stereocenters. The Morgan fingerprint density at radius 1 is 0.618 bits per heavy atom. The van der Waals surface area contributed by atoms with E-state index in [2.05, 4.69) is 10.6 Å². The Morgan fingerprint density at radius 3 is 1.78 bits per heavy atom. The van der Waals surface area contributed by atoms with Crippen molar-refractivity contribution in [3.8, 4) is 17.2 Å². The number of anilines is 3. The third-order valence-corrected chi connectivity index (χ3v) is 14.8. The van der Waals surface area contributed by atoms with Crippen LogP contribution in [0.15, 0.2) is 101 Å². The van der Waals surface area contributed by atoms with E-state index in [-0.39, 0.29) is 98.7 Å². The molecule has 0 saturated heterocycles. The SMILES string of the molecule is COC(=O)C1CCC(C(=O)CCC(=O)NCC(=O)CCC(=O)Nc2cc(COc3cc4c(cc3C)C(=O)N3c5ccccc5C[C@H]3C=N4)cc(COc3cc4c(cc3OC)C(=O)N3c5ccccc5C[C@H]3C=N4)c2)CC1. The van der Waals surface area contributed by atoms with Gasteiger partial charge in [0.2, 0.25) is 11.8 Å². The summed E-state index contributed by atoms with van der Waals surface area (Å²) in [6.45, 7) is 1.64. The molecule has 2 N–H and O–H groups in total. The summed E-state index contributed by atoms with van der Waals surface area (Å²) < 4.78 is 23.4. The van der Waals surface area contributed by atoms with Crippen LogP contribution in [0.25, 0.3) is 0 Å². The van der Waals surface area contributed by atoms with Crippen LogP contribution in [0.1, 0.15) is 99.9 Å². The van der Waals surface area contributed by atoms with Crippen LogP contribution in [0.3, 0.4) is 0 Å². The van der Waals surface area contributed by atoms with Crippen LogP contribution >= 0.6 is 0 Å². The summed E-state index contributed by atoms with van der Waals surface area (Å²) in [6.07, 6.45) is 6.86. The molecule has 4 aliphatic heterocycles. The smallest absolute Gasteiger partial charge is 0.308 e. The average molecular weight is 1030 g/mol. The van der Waals surface area contributed by atoms with Gasteiger partial charge in [0.25, 0.3) is 11.8 Å². The molecule has 17 nitrogen and oxygen atoms in total. The van der Waals surface area contributed by atoms with E-state index in [0.29, 0.717) is 95.1 Å². The highest BCUT2D eigenvalue weighted by atomic mass is 16.5. The molecule has 4 amide bonds. The van der Waals surface area contributed by atoms with Gasteiger partial charge >= 0.3 is 5.97 Å². The van der Waals surface area contributed by atoms with Crippen LogP contribution in [0.4, 0.5) is 28.4 Å². The van der Waals surface area contributed by atoms with Crippen molar-refractivity contribution in [2.45, 2.75) is 96.4 Å². The van der Waals surface area contributed by atoms with E-state index in [1.165, 1.54) is 14.2 Å². The predicted octanol–water partition coefficient (Wildman–Crippen LogP) is 8.47. The second kappa shape index (κ2) is 22.2. The number of ketones is 2. The lowest BCUT2D eigenvalue weighted by Gasteiger charge is -2.25. The van der Waals surface area contributed by atoms with Gasteiger partial charge in [-0.3, -0.25) is 53.3 Å². The van der Waals surface area contributed by atoms with Crippen LogP contribution < -0.4 is 34.6 Å². The number of carbonyl (C=O) groups is 7. The van der Waals surface area contributed by atoms with Crippen LogP contribution in [-0.4, -0.2) is 86.4 Å². The molecule has 0 spiro atoms. The molecular formula is C59H58N6O11. The zero-order chi connectivity index (χ0) is 53.0. The molecule has 17 heteroatoms. The number of aryl methyl sites for hydroxylation is 1. The second-order valence-corrected chi connectivity index (χ2v) is 19.9. The molecule has 76 heavy (non-hydrogen) atoms. The summed E-state index contributed by atoms with van der Waals surface area (Å²) in [6, 6.07) is 27.5. The van der Waals surface area contributed by atoms with Gasteiger partial charge in [-0.05, 0) is 103 Å². The zero-order valence-electron chi connectivity index (χ0n) is 42.6. The number of nitrogens with zero attached hydrogens (tertiary/aromatic N) is 4. The van der Waals surface area contributed by atoms with E-state index in [4.69, 9.17) is 28.9 Å². The average Bonchev–Trinajstić information content (AvgIpc) is 3.97. The quantitative estimate of drug-likeness (QED) is 0.0795. The summed E-state index contributed by atoms with van der Waals surface area (Å²) >= 11 is 0. The summed E-state index contributed by atoms with van der Waals surface area (Å²) in [5.74, 6) is -1.09. The van der Waals surface area contributed by atoms with E-state index in [1.54, 1.807) is 52.4 Å². The van der Waals surface area contributed by atoms with E-state index in [9.17, 15) is 33.6 Å². The Balaban J connectivity index is 0.808. The van der Waals surface area contributed by atoms with Crippen LogP contribution in [0.5, 0.6) is 17.2 Å². The maximum absolute atomic E-state index is 14.1. The molecule has 0 aromatic heterocycles. The van der Waals surface area contributed by atoms with Crippen molar-refractivity contribution in [1.29, 1.82) is 0 Å². The molecule has 4 heterocycles. The molecule has 10 rings (SSSR count). The monoisotopic (exact) mass is 1030 g/mol. The molecular weight excluding hydrogens is 969 g/mol. The summed E-state index contributed by atoms with van der Waals surface area (Å²) in [5.41, 5.74) is 8.12. The zero-order valence-corrected chi connectivity index (χ0v) is 42.6. The number of rotatable bonds is 18.